The number of rotatable bonds is 10. The summed E-state index contributed by atoms with van der Waals surface area (Å²) in [5.74, 6) is 0.960. The maximum absolute atomic E-state index is 14.5. The third-order valence-electron chi connectivity index (χ3n) is 5.14. The van der Waals surface area contributed by atoms with Crippen LogP contribution >= 0.6 is 0 Å². The topological polar surface area (TPSA) is 54.0 Å². The maximum atomic E-state index is 14.5. The average Bonchev–Trinajstić information content (AvgIpc) is 3.51. The van der Waals surface area contributed by atoms with Crippen LogP contribution < -0.4 is 9.47 Å². The van der Waals surface area contributed by atoms with Gasteiger partial charge in [-0.25, -0.2) is 4.39 Å². The van der Waals surface area contributed by atoms with E-state index in [-0.39, 0.29) is 29.7 Å². The van der Waals surface area contributed by atoms with Crippen LogP contribution in [0.15, 0.2) is 36.4 Å². The minimum Gasteiger partial charge on any atom is -0.493 e. The molecule has 30 heavy (non-hydrogen) atoms. The third kappa shape index (κ3) is 5.51. The van der Waals surface area contributed by atoms with E-state index in [4.69, 9.17) is 18.9 Å². The van der Waals surface area contributed by atoms with Gasteiger partial charge >= 0.3 is 5.97 Å². The number of hydrogen-bond donors (Lipinski definition) is 0. The van der Waals surface area contributed by atoms with Crippen molar-refractivity contribution in [3.63, 3.8) is 0 Å². The van der Waals surface area contributed by atoms with E-state index in [0.717, 1.165) is 23.3 Å². The zero-order valence-corrected chi connectivity index (χ0v) is 17.9. The van der Waals surface area contributed by atoms with E-state index >= 15 is 0 Å². The molecule has 0 radical (unpaired) electrons. The number of carbonyl (C=O) groups excluding carboxylic acids is 1. The highest BCUT2D eigenvalue weighted by Crippen LogP contribution is 2.40. The van der Waals surface area contributed by atoms with Crippen LogP contribution in [0.25, 0.3) is 11.1 Å². The van der Waals surface area contributed by atoms with Crippen molar-refractivity contribution < 1.29 is 28.1 Å². The molecule has 0 bridgehead atoms. The van der Waals surface area contributed by atoms with Gasteiger partial charge in [0.15, 0.2) is 0 Å². The molecule has 2 aromatic carbocycles. The minimum absolute atomic E-state index is 0.00703. The molecule has 1 fully saturated rings. The van der Waals surface area contributed by atoms with Crippen molar-refractivity contribution in [1.29, 1.82) is 0 Å². The molecule has 1 aliphatic rings. The van der Waals surface area contributed by atoms with Crippen molar-refractivity contribution in [2.75, 3.05) is 27.4 Å². The summed E-state index contributed by atoms with van der Waals surface area (Å²) in [5, 5.41) is 0. The molecule has 0 saturated heterocycles. The third-order valence-corrected chi connectivity index (χ3v) is 5.14. The average molecular weight is 416 g/mol. The van der Waals surface area contributed by atoms with Gasteiger partial charge in [-0.05, 0) is 68.1 Å². The van der Waals surface area contributed by atoms with Gasteiger partial charge in [-0.15, -0.1) is 0 Å². The van der Waals surface area contributed by atoms with Gasteiger partial charge in [0.1, 0.15) is 17.3 Å². The van der Waals surface area contributed by atoms with E-state index in [0.29, 0.717) is 30.9 Å². The largest absolute Gasteiger partial charge is 0.493 e. The van der Waals surface area contributed by atoms with Gasteiger partial charge in [0, 0.05) is 18.6 Å². The van der Waals surface area contributed by atoms with Gasteiger partial charge in [0.2, 0.25) is 0 Å². The summed E-state index contributed by atoms with van der Waals surface area (Å²) < 4.78 is 36.3. The smallest absolute Gasteiger partial charge is 0.309 e. The van der Waals surface area contributed by atoms with E-state index < -0.39 is 0 Å². The fraction of sp³-hybridized carbons (Fsp3) is 0.458. The van der Waals surface area contributed by atoms with E-state index in [9.17, 15) is 9.18 Å². The highest BCUT2D eigenvalue weighted by molar-refractivity contribution is 5.75. The van der Waals surface area contributed by atoms with Crippen molar-refractivity contribution in [1.82, 2.24) is 0 Å². The molecule has 0 heterocycles. The summed E-state index contributed by atoms with van der Waals surface area (Å²) in [4.78, 5) is 11.6. The van der Waals surface area contributed by atoms with E-state index in [1.807, 2.05) is 32.0 Å². The highest BCUT2D eigenvalue weighted by atomic mass is 19.1. The fourth-order valence-electron chi connectivity index (χ4n) is 3.43. The van der Waals surface area contributed by atoms with Crippen LogP contribution in [0.3, 0.4) is 0 Å². The Labute approximate surface area is 177 Å². The van der Waals surface area contributed by atoms with Gasteiger partial charge in [-0.3, -0.25) is 4.79 Å². The molecule has 2 atom stereocenters. The van der Waals surface area contributed by atoms with Gasteiger partial charge < -0.3 is 18.9 Å². The van der Waals surface area contributed by atoms with Crippen molar-refractivity contribution in [3.8, 4) is 22.6 Å². The van der Waals surface area contributed by atoms with Crippen LogP contribution in [0.1, 0.15) is 25.8 Å². The molecule has 5 nitrogen and oxygen atoms in total. The molecule has 2 aromatic rings. The van der Waals surface area contributed by atoms with Gasteiger partial charge in [-0.1, -0.05) is 6.07 Å². The van der Waals surface area contributed by atoms with Gasteiger partial charge in [0.05, 0.1) is 32.3 Å². The molecule has 0 aromatic heterocycles. The molecule has 6 heteroatoms. The number of ether oxygens (including phenoxy) is 4. The summed E-state index contributed by atoms with van der Waals surface area (Å²) in [6, 6.07) is 10.4. The second-order valence-corrected chi connectivity index (χ2v) is 7.81. The van der Waals surface area contributed by atoms with Gasteiger partial charge in [-0.2, -0.15) is 0 Å². The first-order valence-corrected chi connectivity index (χ1v) is 10.2. The molecular formula is C24H29FO5. The highest BCUT2D eigenvalue weighted by Gasteiger charge is 2.44. The molecule has 0 unspecified atom stereocenters. The number of carbonyl (C=O) groups is 1. The summed E-state index contributed by atoms with van der Waals surface area (Å²) in [5.41, 5.74) is 2.16. The molecule has 0 aliphatic heterocycles. The Kier molecular flexibility index (Phi) is 7.32. The van der Waals surface area contributed by atoms with Crippen LogP contribution in [0.4, 0.5) is 4.39 Å². The number of methoxy groups -OCH3 is 2. The Morgan fingerprint density at radius 2 is 1.97 bits per heavy atom. The number of hydrogen-bond acceptors (Lipinski definition) is 5. The Balaban J connectivity index is 1.80. The Hall–Kier alpha value is -2.60. The van der Waals surface area contributed by atoms with Crippen LogP contribution in [0.2, 0.25) is 0 Å². The van der Waals surface area contributed by atoms with Crippen LogP contribution in [0.5, 0.6) is 11.5 Å². The van der Waals surface area contributed by atoms with Crippen molar-refractivity contribution in [2.24, 2.45) is 11.8 Å². The summed E-state index contributed by atoms with van der Waals surface area (Å²) in [7, 11) is 3.04. The molecule has 0 N–H and O–H groups in total. The Morgan fingerprint density at radius 1 is 1.17 bits per heavy atom. The lowest BCUT2D eigenvalue weighted by molar-refractivity contribution is -0.142. The molecule has 1 aliphatic carbocycles. The summed E-state index contributed by atoms with van der Waals surface area (Å²) in [6.07, 6.45) is 1.42. The Morgan fingerprint density at radius 3 is 2.67 bits per heavy atom. The number of halogens is 1. The standard InChI is InChI=1S/C24H29FO5/c1-15(2)30-19-6-7-22(25)20(13-19)16-5-8-23(17(11-16)9-10-27-3)29-14-18-12-21(18)24(26)28-4/h5-8,11,13,15,18,21H,9-10,12,14H2,1-4H3/t18-,21+/m0/s1. The van der Waals surface area contributed by atoms with E-state index in [2.05, 4.69) is 0 Å². The fourth-order valence-corrected chi connectivity index (χ4v) is 3.43. The SMILES string of the molecule is COCCc1cc(-c2cc(OC(C)C)ccc2F)ccc1OC[C@@H]1C[C@H]1C(=O)OC. The first-order valence-electron chi connectivity index (χ1n) is 10.2. The Bertz CT molecular complexity index is 880. The van der Waals surface area contributed by atoms with Crippen molar-refractivity contribution >= 4 is 5.97 Å². The van der Waals surface area contributed by atoms with Crippen LogP contribution in [-0.4, -0.2) is 39.5 Å². The normalized spacial score (nSPS) is 17.7. The van der Waals surface area contributed by atoms with Crippen molar-refractivity contribution in [3.05, 3.63) is 47.8 Å². The summed E-state index contributed by atoms with van der Waals surface area (Å²) >= 11 is 0. The molecule has 3 rings (SSSR count). The zero-order chi connectivity index (χ0) is 21.7. The first-order chi connectivity index (χ1) is 14.4. The lowest BCUT2D eigenvalue weighted by atomic mass is 10.00. The first kappa shape index (κ1) is 22.1. The number of benzene rings is 2. The lowest BCUT2D eigenvalue weighted by Gasteiger charge is -2.15. The predicted octanol–water partition coefficient (Wildman–Crippen LogP) is 4.66. The lowest BCUT2D eigenvalue weighted by Crippen LogP contribution is -2.09. The maximum Gasteiger partial charge on any atom is 0.309 e. The second kappa shape index (κ2) is 9.94. The summed E-state index contributed by atoms with van der Waals surface area (Å²) in [6.45, 7) is 4.84. The molecule has 0 amide bonds. The molecular weight excluding hydrogens is 387 g/mol. The quantitative estimate of drug-likeness (QED) is 0.528. The molecule has 0 spiro atoms. The van der Waals surface area contributed by atoms with E-state index in [1.54, 1.807) is 19.2 Å². The van der Waals surface area contributed by atoms with Crippen LogP contribution in [0, 0.1) is 17.7 Å². The second-order valence-electron chi connectivity index (χ2n) is 7.81. The monoisotopic (exact) mass is 416 g/mol. The van der Waals surface area contributed by atoms with Crippen LogP contribution in [-0.2, 0) is 20.7 Å². The van der Waals surface area contributed by atoms with Gasteiger partial charge in [0.25, 0.3) is 0 Å². The number of esters is 1. The van der Waals surface area contributed by atoms with E-state index in [1.165, 1.54) is 13.2 Å². The predicted molar refractivity (Wildman–Crippen MR) is 112 cm³/mol. The molecule has 162 valence electrons. The zero-order valence-electron chi connectivity index (χ0n) is 17.9. The minimum atomic E-state index is -0.309. The van der Waals surface area contributed by atoms with Crippen molar-refractivity contribution in [2.45, 2.75) is 32.8 Å². The molecule has 1 saturated carbocycles.